The molecular weight excluding hydrogens is 837 g/mol. The number of pyridine rings is 1. The summed E-state index contributed by atoms with van der Waals surface area (Å²) in [4.78, 5) is 77.3. The van der Waals surface area contributed by atoms with Gasteiger partial charge in [0, 0.05) is 80.9 Å². The topological polar surface area (TPSA) is 181 Å². The standard InChI is InChI=1S/C51H66N8O7/c1-10-43(60)57-27-38(39(52)28-57)48(62)56(8)45(30(3)4)47(61)54-41-24-32-15-12-16-33(23-32)34-19-20-42-36(25-34)37(46(58(42)11-2)35-17-13-21-53-44(35)31(5)65-9)26-51(6,7)29-66-50(64)40-18-14-22-59(55-40)49(41)63/h10,12-13,15-17,19-21,23,25,30-31,38-41,45,55H,1,11,14,18,22,24,26-29,52H2,2-9H3,(H,54,61)/t31-,38+,39+,40-,41-,45?/m0/s1. The number of carbonyl (C=O) groups is 5. The van der Waals surface area contributed by atoms with Gasteiger partial charge in [0.25, 0.3) is 5.91 Å². The second kappa shape index (κ2) is 19.9. The summed E-state index contributed by atoms with van der Waals surface area (Å²) in [5.74, 6) is -3.15. The first-order valence-electron chi connectivity index (χ1n) is 23.2. The minimum absolute atomic E-state index is 0.111. The molecule has 2 aromatic heterocycles. The molecule has 3 aliphatic heterocycles. The fraction of sp³-hybridized carbons (Fsp3) is 0.490. The fourth-order valence-corrected chi connectivity index (χ4v) is 9.97. The number of cyclic esters (lactones) is 1. The number of likely N-dealkylation sites (tertiary alicyclic amines) is 1. The van der Waals surface area contributed by atoms with Gasteiger partial charge in [0.1, 0.15) is 18.1 Å². The zero-order chi connectivity index (χ0) is 47.6. The van der Waals surface area contributed by atoms with Crippen molar-refractivity contribution in [2.75, 3.05) is 40.4 Å². The van der Waals surface area contributed by atoms with Crippen molar-refractivity contribution in [1.82, 2.24) is 35.1 Å². The highest BCUT2D eigenvalue weighted by Gasteiger charge is 2.43. The molecule has 0 aliphatic carbocycles. The maximum absolute atomic E-state index is 14.7. The average Bonchev–Trinajstić information content (AvgIpc) is 3.85. The van der Waals surface area contributed by atoms with Crippen LogP contribution in [0.2, 0.25) is 0 Å². The van der Waals surface area contributed by atoms with Crippen molar-refractivity contribution in [2.45, 2.75) is 104 Å². The van der Waals surface area contributed by atoms with Gasteiger partial charge in [-0.25, -0.2) is 5.43 Å². The lowest BCUT2D eigenvalue weighted by Crippen LogP contribution is -2.62. The fourth-order valence-electron chi connectivity index (χ4n) is 9.97. The number of amides is 4. The molecule has 15 heteroatoms. The summed E-state index contributed by atoms with van der Waals surface area (Å²) in [5, 5.41) is 5.53. The lowest BCUT2D eigenvalue weighted by Gasteiger charge is -2.37. The number of aryl methyl sites for hydroxylation is 1. The van der Waals surface area contributed by atoms with E-state index in [4.69, 9.17) is 20.2 Å². The molecule has 3 aliphatic rings. The molecule has 6 atom stereocenters. The summed E-state index contributed by atoms with van der Waals surface area (Å²) in [5.41, 5.74) is 16.8. The molecule has 1 unspecified atom stereocenters. The van der Waals surface area contributed by atoms with Crippen molar-refractivity contribution >= 4 is 40.5 Å². The van der Waals surface area contributed by atoms with E-state index in [-0.39, 0.29) is 50.0 Å². The van der Waals surface area contributed by atoms with Gasteiger partial charge in [-0.1, -0.05) is 64.6 Å². The molecule has 4 amide bonds. The van der Waals surface area contributed by atoms with Gasteiger partial charge >= 0.3 is 5.97 Å². The number of ether oxygens (including phenoxy) is 2. The molecule has 352 valence electrons. The van der Waals surface area contributed by atoms with Gasteiger partial charge in [0.15, 0.2) is 0 Å². The first-order valence-corrected chi connectivity index (χ1v) is 23.2. The van der Waals surface area contributed by atoms with Gasteiger partial charge in [-0.3, -0.25) is 34.0 Å². The lowest BCUT2D eigenvalue weighted by molar-refractivity contribution is -0.155. The number of hydrogen-bond acceptors (Lipinski definition) is 10. The number of hydrazine groups is 1. The largest absolute Gasteiger partial charge is 0.464 e. The van der Waals surface area contributed by atoms with Crippen LogP contribution in [-0.4, -0.2) is 119 Å². The molecule has 2 saturated heterocycles. The number of nitrogens with zero attached hydrogens (tertiary/aromatic N) is 5. The van der Waals surface area contributed by atoms with Crippen LogP contribution in [0.4, 0.5) is 0 Å². The molecule has 0 radical (unpaired) electrons. The normalized spacial score (nSPS) is 22.1. The Hall–Kier alpha value is -5.90. The summed E-state index contributed by atoms with van der Waals surface area (Å²) < 4.78 is 14.3. The van der Waals surface area contributed by atoms with Crippen molar-refractivity contribution in [3.63, 3.8) is 0 Å². The third kappa shape index (κ3) is 9.79. The van der Waals surface area contributed by atoms with Crippen LogP contribution in [0.3, 0.4) is 0 Å². The van der Waals surface area contributed by atoms with Gasteiger partial charge in [0.05, 0.1) is 30.0 Å². The highest BCUT2D eigenvalue weighted by atomic mass is 16.5. The monoisotopic (exact) mass is 903 g/mol. The number of nitrogens with one attached hydrogen (secondary N) is 2. The van der Waals surface area contributed by atoms with E-state index in [2.05, 4.69) is 73.0 Å². The molecule has 15 nitrogen and oxygen atoms in total. The SMILES string of the molecule is C=CC(=O)N1C[C@@H](N)[C@H](C(=O)N(C)C(C(=O)N[C@H]2Cc3cccc(c3)-c3ccc4c(c3)c(c(-c3cccnc3[C@H](C)OC)n4CC)CC(C)(C)COC(=O)[C@@H]3CCCN(N3)C2=O)C(C)C)C1. The van der Waals surface area contributed by atoms with Crippen LogP contribution in [0.1, 0.15) is 77.3 Å². The van der Waals surface area contributed by atoms with Crippen LogP contribution in [0.25, 0.3) is 33.3 Å². The van der Waals surface area contributed by atoms with Crippen LogP contribution >= 0.6 is 0 Å². The van der Waals surface area contributed by atoms with E-state index >= 15 is 0 Å². The first-order chi connectivity index (χ1) is 31.5. The number of methoxy groups -OCH3 is 1. The predicted molar refractivity (Wildman–Crippen MR) is 253 cm³/mol. The summed E-state index contributed by atoms with van der Waals surface area (Å²) in [6, 6.07) is 15.1. The summed E-state index contributed by atoms with van der Waals surface area (Å²) in [6.45, 7) is 17.0. The number of benzene rings is 2. The molecule has 5 heterocycles. The van der Waals surface area contributed by atoms with E-state index in [1.165, 1.54) is 20.9 Å². The Kier molecular flexibility index (Phi) is 14.5. The molecular formula is C51H66N8O7. The van der Waals surface area contributed by atoms with Gasteiger partial charge in [0.2, 0.25) is 17.7 Å². The zero-order valence-electron chi connectivity index (χ0n) is 39.6. The number of esters is 1. The van der Waals surface area contributed by atoms with Gasteiger partial charge in [-0.05, 0) is 91.6 Å². The van der Waals surface area contributed by atoms with Crippen LogP contribution < -0.4 is 16.5 Å². The average molecular weight is 903 g/mol. The van der Waals surface area contributed by atoms with Crippen molar-refractivity contribution < 1.29 is 33.4 Å². The molecule has 66 heavy (non-hydrogen) atoms. The van der Waals surface area contributed by atoms with Crippen molar-refractivity contribution in [2.24, 2.45) is 23.0 Å². The molecule has 7 rings (SSSR count). The van der Waals surface area contributed by atoms with E-state index in [1.54, 1.807) is 20.4 Å². The number of fused-ring (bicyclic) bond motifs is 6. The number of aromatic nitrogens is 2. The Balaban J connectivity index is 1.29. The van der Waals surface area contributed by atoms with Crippen LogP contribution in [-0.2, 0) is 52.8 Å². The quantitative estimate of drug-likeness (QED) is 0.141. The number of nitrogens with two attached hydrogens (primary N) is 1. The van der Waals surface area contributed by atoms with Gasteiger partial charge in [-0.2, -0.15) is 0 Å². The Morgan fingerprint density at radius 1 is 1.09 bits per heavy atom. The highest BCUT2D eigenvalue weighted by molar-refractivity contribution is 5.96. The Morgan fingerprint density at radius 2 is 1.85 bits per heavy atom. The van der Waals surface area contributed by atoms with Crippen LogP contribution in [0.15, 0.2) is 73.4 Å². The predicted octanol–water partition coefficient (Wildman–Crippen LogP) is 5.20. The molecule has 6 bridgehead atoms. The maximum Gasteiger partial charge on any atom is 0.324 e. The molecule has 2 aromatic carbocycles. The Labute approximate surface area is 388 Å². The number of carbonyl (C=O) groups excluding carboxylic acids is 5. The lowest BCUT2D eigenvalue weighted by atomic mass is 9.84. The maximum atomic E-state index is 14.7. The third-order valence-electron chi connectivity index (χ3n) is 13.5. The highest BCUT2D eigenvalue weighted by Crippen LogP contribution is 2.42. The minimum atomic E-state index is -1.08. The van der Waals surface area contributed by atoms with Gasteiger partial charge in [-0.15, -0.1) is 0 Å². The smallest absolute Gasteiger partial charge is 0.324 e. The van der Waals surface area contributed by atoms with Crippen LogP contribution in [0.5, 0.6) is 0 Å². The van der Waals surface area contributed by atoms with Crippen molar-refractivity contribution in [3.05, 3.63) is 90.3 Å². The molecule has 0 spiro atoms. The van der Waals surface area contributed by atoms with E-state index < -0.39 is 53.3 Å². The van der Waals surface area contributed by atoms with E-state index in [0.717, 1.165) is 50.1 Å². The van der Waals surface area contributed by atoms with Crippen molar-refractivity contribution in [1.29, 1.82) is 0 Å². The Bertz CT molecular complexity index is 2500. The molecule has 4 aromatic rings. The number of hydrogen-bond donors (Lipinski definition) is 3. The zero-order valence-corrected chi connectivity index (χ0v) is 39.6. The minimum Gasteiger partial charge on any atom is -0.464 e. The van der Waals surface area contributed by atoms with Gasteiger partial charge < -0.3 is 34.9 Å². The molecule has 4 N–H and O–H groups in total. The summed E-state index contributed by atoms with van der Waals surface area (Å²) in [6.07, 6.45) is 4.43. The number of likely N-dealkylation sites (N-methyl/N-ethyl adjacent to an activating group) is 1. The van der Waals surface area contributed by atoms with Crippen molar-refractivity contribution in [3.8, 4) is 22.4 Å². The third-order valence-corrected chi connectivity index (χ3v) is 13.5. The first kappa shape index (κ1) is 48.0. The number of rotatable bonds is 10. The Morgan fingerprint density at radius 3 is 2.56 bits per heavy atom. The molecule has 2 fully saturated rings. The molecule has 0 saturated carbocycles. The summed E-state index contributed by atoms with van der Waals surface area (Å²) in [7, 11) is 3.25. The van der Waals surface area contributed by atoms with E-state index in [1.807, 2.05) is 45.0 Å². The summed E-state index contributed by atoms with van der Waals surface area (Å²) >= 11 is 0. The van der Waals surface area contributed by atoms with Crippen LogP contribution in [0, 0.1) is 17.3 Å². The second-order valence-electron chi connectivity index (χ2n) is 19.2. The second-order valence-corrected chi connectivity index (χ2v) is 19.2. The van der Waals surface area contributed by atoms with E-state index in [9.17, 15) is 24.0 Å². The van der Waals surface area contributed by atoms with E-state index in [0.29, 0.717) is 32.4 Å².